The van der Waals surface area contributed by atoms with E-state index in [0.717, 1.165) is 12.8 Å². The van der Waals surface area contributed by atoms with E-state index in [4.69, 9.17) is 5.26 Å². The van der Waals surface area contributed by atoms with Crippen molar-refractivity contribution in [2.24, 2.45) is 5.92 Å². The van der Waals surface area contributed by atoms with Gasteiger partial charge in [0.1, 0.15) is 6.07 Å². The van der Waals surface area contributed by atoms with Gasteiger partial charge in [0.2, 0.25) is 11.8 Å². The van der Waals surface area contributed by atoms with Gasteiger partial charge in [0.25, 0.3) is 0 Å². The van der Waals surface area contributed by atoms with Crippen molar-refractivity contribution in [2.45, 2.75) is 19.3 Å². The van der Waals surface area contributed by atoms with E-state index >= 15 is 0 Å². The Morgan fingerprint density at radius 1 is 1.14 bits per heavy atom. The summed E-state index contributed by atoms with van der Waals surface area (Å²) < 4.78 is 0. The Balaban J connectivity index is 1.67. The maximum atomic E-state index is 11.8. The molecule has 0 radical (unpaired) electrons. The maximum absolute atomic E-state index is 11.8. The summed E-state index contributed by atoms with van der Waals surface area (Å²) >= 11 is 0. The molecule has 0 unspecified atom stereocenters. The summed E-state index contributed by atoms with van der Waals surface area (Å²) in [7, 11) is 0. The van der Waals surface area contributed by atoms with Crippen molar-refractivity contribution < 1.29 is 9.59 Å². The fourth-order valence-electron chi connectivity index (χ4n) is 2.44. The molecular formula is C19H18N8O2. The topological polar surface area (TPSA) is 156 Å². The van der Waals surface area contributed by atoms with Gasteiger partial charge in [0.15, 0.2) is 11.5 Å². The quantitative estimate of drug-likeness (QED) is 0.568. The van der Waals surface area contributed by atoms with Crippen molar-refractivity contribution >= 4 is 23.3 Å². The number of nitriles is 2. The molecule has 10 nitrogen and oxygen atoms in total. The van der Waals surface area contributed by atoms with Crippen LogP contribution in [0.25, 0.3) is 11.3 Å². The van der Waals surface area contributed by atoms with Gasteiger partial charge in [-0.25, -0.2) is 9.97 Å². The molecule has 0 aliphatic heterocycles. The summed E-state index contributed by atoms with van der Waals surface area (Å²) in [6.07, 6.45) is 6.49. The highest BCUT2D eigenvalue weighted by molar-refractivity contribution is 5.93. The second-order valence-electron chi connectivity index (χ2n) is 6.39. The minimum Gasteiger partial charge on any atom is -0.374 e. The molecule has 146 valence electrons. The van der Waals surface area contributed by atoms with Crippen molar-refractivity contribution in [2.75, 3.05) is 23.7 Å². The van der Waals surface area contributed by atoms with E-state index in [1.807, 2.05) is 12.1 Å². The van der Waals surface area contributed by atoms with E-state index < -0.39 is 0 Å². The second-order valence-corrected chi connectivity index (χ2v) is 6.39. The number of nitrogens with one attached hydrogen (secondary N) is 3. The molecule has 2 aromatic heterocycles. The second kappa shape index (κ2) is 9.24. The van der Waals surface area contributed by atoms with Crippen molar-refractivity contribution in [1.29, 1.82) is 10.5 Å². The van der Waals surface area contributed by atoms with Gasteiger partial charge >= 0.3 is 0 Å². The Morgan fingerprint density at radius 3 is 2.62 bits per heavy atom. The summed E-state index contributed by atoms with van der Waals surface area (Å²) in [5.74, 6) is 0.0984. The molecule has 1 aliphatic carbocycles. The van der Waals surface area contributed by atoms with Gasteiger partial charge in [-0.2, -0.15) is 10.5 Å². The summed E-state index contributed by atoms with van der Waals surface area (Å²) in [4.78, 5) is 36.1. The van der Waals surface area contributed by atoms with E-state index in [1.54, 1.807) is 6.07 Å². The summed E-state index contributed by atoms with van der Waals surface area (Å²) in [6, 6.07) is 5.56. The lowest BCUT2D eigenvalue weighted by atomic mass is 10.1. The molecule has 0 spiro atoms. The molecular weight excluding hydrogens is 372 g/mol. The average Bonchev–Trinajstić information content (AvgIpc) is 3.58. The van der Waals surface area contributed by atoms with Gasteiger partial charge in [-0.05, 0) is 18.9 Å². The Kier molecular flexibility index (Phi) is 6.28. The summed E-state index contributed by atoms with van der Waals surface area (Å²) in [5, 5.41) is 25.9. The highest BCUT2D eigenvalue weighted by atomic mass is 16.2. The molecule has 2 amide bonds. The highest BCUT2D eigenvalue weighted by Crippen LogP contribution is 2.30. The molecule has 0 bridgehead atoms. The van der Waals surface area contributed by atoms with Crippen LogP contribution in [0.2, 0.25) is 0 Å². The largest absolute Gasteiger partial charge is 0.374 e. The van der Waals surface area contributed by atoms with Crippen LogP contribution >= 0.6 is 0 Å². The third kappa shape index (κ3) is 5.47. The number of pyridine rings is 1. The lowest BCUT2D eigenvalue weighted by Crippen LogP contribution is -2.30. The minimum absolute atomic E-state index is 0.0494. The first kappa shape index (κ1) is 19.7. The van der Waals surface area contributed by atoms with Gasteiger partial charge in [-0.15, -0.1) is 0 Å². The number of hydrogen-bond donors (Lipinski definition) is 3. The fourth-order valence-corrected chi connectivity index (χ4v) is 2.44. The van der Waals surface area contributed by atoms with Crippen LogP contribution in [0.4, 0.5) is 11.5 Å². The van der Waals surface area contributed by atoms with E-state index in [1.165, 1.54) is 18.6 Å². The number of hydrogen-bond acceptors (Lipinski definition) is 8. The number of nitrogens with zero attached hydrogens (tertiary/aromatic N) is 5. The van der Waals surface area contributed by atoms with E-state index in [-0.39, 0.29) is 42.9 Å². The molecule has 0 aromatic carbocycles. The summed E-state index contributed by atoms with van der Waals surface area (Å²) in [5.41, 5.74) is 1.63. The van der Waals surface area contributed by atoms with Gasteiger partial charge in [0.05, 0.1) is 42.8 Å². The van der Waals surface area contributed by atoms with Crippen LogP contribution in [-0.2, 0) is 9.59 Å². The standard InChI is InChI=1S/C19H18N8O2/c20-4-1-5-22-18(28)11-25-14-6-13(8-23-15(14)7-21)16-9-26-17(10-24-16)27-19(29)12-2-3-12/h6,8-10,12,25H,1-3,5,11H2,(H,22,28)(H,26,27,29). The Hall–Kier alpha value is -4.05. The van der Waals surface area contributed by atoms with Gasteiger partial charge < -0.3 is 16.0 Å². The summed E-state index contributed by atoms with van der Waals surface area (Å²) in [6.45, 7) is 0.197. The predicted octanol–water partition coefficient (Wildman–Crippen LogP) is 1.20. The van der Waals surface area contributed by atoms with Crippen LogP contribution in [0.5, 0.6) is 0 Å². The zero-order chi connectivity index (χ0) is 20.6. The molecule has 1 aliphatic rings. The number of carbonyl (C=O) groups excluding carboxylic acids is 2. The predicted molar refractivity (Wildman–Crippen MR) is 103 cm³/mol. The van der Waals surface area contributed by atoms with Crippen molar-refractivity contribution in [3.63, 3.8) is 0 Å². The van der Waals surface area contributed by atoms with Gasteiger partial charge in [-0.3, -0.25) is 14.6 Å². The number of aromatic nitrogens is 3. The Bertz CT molecular complexity index is 987. The molecule has 2 aromatic rings. The zero-order valence-corrected chi connectivity index (χ0v) is 15.5. The highest BCUT2D eigenvalue weighted by Gasteiger charge is 2.29. The first-order chi connectivity index (χ1) is 14.1. The smallest absolute Gasteiger partial charge is 0.239 e. The molecule has 29 heavy (non-hydrogen) atoms. The molecule has 0 atom stereocenters. The van der Waals surface area contributed by atoms with Crippen LogP contribution in [0, 0.1) is 28.6 Å². The number of rotatable bonds is 8. The fraction of sp³-hybridized carbons (Fsp3) is 0.316. The van der Waals surface area contributed by atoms with Crippen LogP contribution in [0.3, 0.4) is 0 Å². The monoisotopic (exact) mass is 390 g/mol. The van der Waals surface area contributed by atoms with E-state index in [2.05, 4.69) is 30.9 Å². The third-order valence-corrected chi connectivity index (χ3v) is 4.14. The van der Waals surface area contributed by atoms with Crippen molar-refractivity contribution in [3.8, 4) is 23.4 Å². The van der Waals surface area contributed by atoms with Crippen LogP contribution in [0.1, 0.15) is 25.0 Å². The molecule has 3 rings (SSSR count). The SMILES string of the molecule is N#CCCNC(=O)CNc1cc(-c2cnc(NC(=O)C3CC3)cn2)cnc1C#N. The van der Waals surface area contributed by atoms with E-state index in [9.17, 15) is 14.9 Å². The molecule has 1 saturated carbocycles. The molecule has 3 N–H and O–H groups in total. The zero-order valence-electron chi connectivity index (χ0n) is 15.5. The molecule has 10 heteroatoms. The van der Waals surface area contributed by atoms with Crippen LogP contribution < -0.4 is 16.0 Å². The molecule has 2 heterocycles. The van der Waals surface area contributed by atoms with Crippen molar-refractivity contribution in [1.82, 2.24) is 20.3 Å². The first-order valence-electron chi connectivity index (χ1n) is 9.01. The number of amides is 2. The molecule has 0 saturated heterocycles. The van der Waals surface area contributed by atoms with Crippen molar-refractivity contribution in [3.05, 3.63) is 30.4 Å². The number of anilines is 2. The lowest BCUT2D eigenvalue weighted by Gasteiger charge is -2.10. The van der Waals surface area contributed by atoms with Gasteiger partial charge in [0, 0.05) is 24.2 Å². The maximum Gasteiger partial charge on any atom is 0.239 e. The van der Waals surface area contributed by atoms with Crippen LogP contribution in [0.15, 0.2) is 24.7 Å². The first-order valence-corrected chi connectivity index (χ1v) is 9.01. The van der Waals surface area contributed by atoms with Crippen LogP contribution in [-0.4, -0.2) is 39.9 Å². The van der Waals surface area contributed by atoms with Gasteiger partial charge in [-0.1, -0.05) is 0 Å². The normalized spacial score (nSPS) is 12.3. The molecule has 1 fully saturated rings. The average molecular weight is 390 g/mol. The number of carbonyl (C=O) groups is 2. The lowest BCUT2D eigenvalue weighted by molar-refractivity contribution is -0.119. The van der Waals surface area contributed by atoms with E-state index in [0.29, 0.717) is 22.8 Å². The minimum atomic E-state index is -0.301. The third-order valence-electron chi connectivity index (χ3n) is 4.14. The Morgan fingerprint density at radius 2 is 1.97 bits per heavy atom. The Labute approximate surface area is 167 Å².